The van der Waals surface area contributed by atoms with Crippen molar-refractivity contribution in [2.24, 2.45) is 5.92 Å². The zero-order valence-electron chi connectivity index (χ0n) is 24.7. The molecule has 0 bridgehead atoms. The van der Waals surface area contributed by atoms with Gasteiger partial charge in [-0.15, -0.1) is 12.4 Å². The minimum Gasteiger partial charge on any atom is -0.492 e. The van der Waals surface area contributed by atoms with Crippen LogP contribution in [0.1, 0.15) is 54.1 Å². The van der Waals surface area contributed by atoms with Gasteiger partial charge in [-0.25, -0.2) is 0 Å². The first kappa shape index (κ1) is 33.3. The largest absolute Gasteiger partial charge is 0.492 e. The molecule has 1 atom stereocenters. The first-order valence-electron chi connectivity index (χ1n) is 14.8. The van der Waals surface area contributed by atoms with E-state index in [4.69, 9.17) is 4.74 Å². The molecule has 4 aromatic rings. The summed E-state index contributed by atoms with van der Waals surface area (Å²) >= 11 is 0. The number of halogens is 1. The number of aryl methyl sites for hydroxylation is 1. The third-order valence-electron chi connectivity index (χ3n) is 7.41. The summed E-state index contributed by atoms with van der Waals surface area (Å²) in [5, 5.41) is 9.54. The summed E-state index contributed by atoms with van der Waals surface area (Å²) in [7, 11) is 0. The number of carboxylic acid groups (broad SMARTS) is 1. The Morgan fingerprint density at radius 2 is 1.56 bits per heavy atom. The Hall–Kier alpha value is -4.16. The van der Waals surface area contributed by atoms with Crippen molar-refractivity contribution in [3.05, 3.63) is 120 Å². The minimum atomic E-state index is -0.743. The van der Waals surface area contributed by atoms with E-state index in [1.54, 1.807) is 6.20 Å². The van der Waals surface area contributed by atoms with Crippen LogP contribution in [0, 0.1) is 5.92 Å². The number of carbonyl (C=O) groups excluding carboxylic acids is 1. The lowest BCUT2D eigenvalue weighted by Gasteiger charge is -2.23. The smallest absolute Gasteiger partial charge is 0.306 e. The van der Waals surface area contributed by atoms with Crippen molar-refractivity contribution in [2.75, 3.05) is 19.7 Å². The van der Waals surface area contributed by atoms with Crippen LogP contribution in [0.3, 0.4) is 0 Å². The van der Waals surface area contributed by atoms with Crippen LogP contribution in [0.4, 0.5) is 0 Å². The van der Waals surface area contributed by atoms with Gasteiger partial charge in [-0.2, -0.15) is 0 Å². The molecular weight excluding hydrogens is 560 g/mol. The van der Waals surface area contributed by atoms with Gasteiger partial charge in [0.15, 0.2) is 0 Å². The Balaban J connectivity index is 0.00000506. The lowest BCUT2D eigenvalue weighted by Crippen LogP contribution is -2.35. The van der Waals surface area contributed by atoms with E-state index in [0.717, 1.165) is 42.5 Å². The second-order valence-corrected chi connectivity index (χ2v) is 10.5. The first-order valence-corrected chi connectivity index (χ1v) is 14.8. The molecule has 0 aliphatic carbocycles. The molecule has 0 fully saturated rings. The molecule has 1 aromatic heterocycles. The maximum absolute atomic E-state index is 13.6. The van der Waals surface area contributed by atoms with Crippen molar-refractivity contribution >= 4 is 24.3 Å². The van der Waals surface area contributed by atoms with E-state index in [1.165, 1.54) is 5.56 Å². The Kier molecular flexibility index (Phi) is 13.7. The summed E-state index contributed by atoms with van der Waals surface area (Å²) in [5.74, 6) is -0.436. The second kappa shape index (κ2) is 17.7. The lowest BCUT2D eigenvalue weighted by atomic mass is 9.94. The van der Waals surface area contributed by atoms with Crippen LogP contribution < -0.4 is 4.74 Å². The minimum absolute atomic E-state index is 0. The highest BCUT2D eigenvalue weighted by atomic mass is 35.5. The fourth-order valence-corrected chi connectivity index (χ4v) is 4.98. The van der Waals surface area contributed by atoms with E-state index < -0.39 is 5.97 Å². The topological polar surface area (TPSA) is 79.7 Å². The molecule has 226 valence electrons. The molecule has 0 saturated carbocycles. The highest BCUT2D eigenvalue weighted by Crippen LogP contribution is 2.20. The van der Waals surface area contributed by atoms with Crippen molar-refractivity contribution in [3.8, 4) is 17.0 Å². The Labute approximate surface area is 261 Å². The number of hydrogen-bond donors (Lipinski definition) is 1. The number of carbonyl (C=O) groups is 2. The number of rotatable bonds is 16. The van der Waals surface area contributed by atoms with Crippen molar-refractivity contribution in [3.63, 3.8) is 0 Å². The molecule has 1 N–H and O–H groups in total. The SMILES string of the molecule is CCCCC(Cc1ccc(OCCN(CCCc2ccccc2)C(=O)c2ccc(-c3ccccn3)cc2)cc1)C(=O)O.Cl. The number of aromatic nitrogens is 1. The van der Waals surface area contributed by atoms with Crippen LogP contribution in [0.5, 0.6) is 5.75 Å². The molecule has 0 saturated heterocycles. The van der Waals surface area contributed by atoms with E-state index in [0.29, 0.717) is 43.9 Å². The van der Waals surface area contributed by atoms with Gasteiger partial charge in [0, 0.05) is 23.9 Å². The summed E-state index contributed by atoms with van der Waals surface area (Å²) in [4.78, 5) is 31.4. The molecule has 43 heavy (non-hydrogen) atoms. The number of pyridine rings is 1. The summed E-state index contributed by atoms with van der Waals surface area (Å²) in [6.45, 7) is 3.50. The standard InChI is InChI=1S/C36H40N2O4.ClH/c1-2-3-13-32(36(40)41)27-29-15-21-33(22-16-29)42-26-25-38(24-9-12-28-10-5-4-6-11-28)35(39)31-19-17-30(18-20-31)34-14-7-8-23-37-34;/h4-8,10-11,14-23,32H,2-3,9,12-13,24-27H2,1H3,(H,40,41);1H. The van der Waals surface area contributed by atoms with Crippen LogP contribution in [-0.4, -0.2) is 46.6 Å². The van der Waals surface area contributed by atoms with Crippen LogP contribution in [0.25, 0.3) is 11.3 Å². The fourth-order valence-electron chi connectivity index (χ4n) is 4.98. The van der Waals surface area contributed by atoms with Crippen LogP contribution in [0.2, 0.25) is 0 Å². The van der Waals surface area contributed by atoms with Crippen molar-refractivity contribution < 1.29 is 19.4 Å². The summed E-state index contributed by atoms with van der Waals surface area (Å²) in [5.41, 5.74) is 4.71. The number of carboxylic acids is 1. The number of benzene rings is 3. The van der Waals surface area contributed by atoms with Crippen LogP contribution in [0.15, 0.2) is 103 Å². The zero-order valence-corrected chi connectivity index (χ0v) is 25.5. The number of hydrogen-bond acceptors (Lipinski definition) is 4. The van der Waals surface area contributed by atoms with E-state index in [9.17, 15) is 14.7 Å². The predicted molar refractivity (Wildman–Crippen MR) is 174 cm³/mol. The quantitative estimate of drug-likeness (QED) is 0.142. The molecule has 1 unspecified atom stereocenters. The lowest BCUT2D eigenvalue weighted by molar-refractivity contribution is -0.142. The van der Waals surface area contributed by atoms with Crippen LogP contribution >= 0.6 is 12.4 Å². The molecule has 0 aliphatic heterocycles. The van der Waals surface area contributed by atoms with Crippen LogP contribution in [-0.2, 0) is 17.6 Å². The van der Waals surface area contributed by atoms with Gasteiger partial charge in [-0.1, -0.05) is 80.4 Å². The van der Waals surface area contributed by atoms with Gasteiger partial charge in [0.25, 0.3) is 5.91 Å². The number of ether oxygens (including phenoxy) is 1. The van der Waals surface area contributed by atoms with Gasteiger partial charge in [0.1, 0.15) is 12.4 Å². The summed E-state index contributed by atoms with van der Waals surface area (Å²) < 4.78 is 6.02. The van der Waals surface area contributed by atoms with E-state index in [2.05, 4.69) is 24.0 Å². The summed E-state index contributed by atoms with van der Waals surface area (Å²) in [6.07, 6.45) is 6.59. The van der Waals surface area contributed by atoms with E-state index in [1.807, 2.05) is 89.8 Å². The molecule has 0 radical (unpaired) electrons. The average Bonchev–Trinajstić information content (AvgIpc) is 3.03. The fraction of sp³-hybridized carbons (Fsp3) is 0.306. The number of nitrogens with zero attached hydrogens (tertiary/aromatic N) is 2. The van der Waals surface area contributed by atoms with Gasteiger partial charge in [-0.05, 0) is 73.2 Å². The molecule has 0 spiro atoms. The molecule has 0 aliphatic rings. The van der Waals surface area contributed by atoms with Gasteiger partial charge in [-0.3, -0.25) is 14.6 Å². The number of aliphatic carboxylic acids is 1. The maximum atomic E-state index is 13.6. The molecule has 3 aromatic carbocycles. The van der Waals surface area contributed by atoms with Crippen molar-refractivity contribution in [1.82, 2.24) is 9.88 Å². The van der Waals surface area contributed by atoms with Gasteiger partial charge in [0.05, 0.1) is 18.2 Å². The zero-order chi connectivity index (χ0) is 29.6. The third-order valence-corrected chi connectivity index (χ3v) is 7.41. The number of unbranched alkanes of at least 4 members (excludes halogenated alkanes) is 1. The first-order chi connectivity index (χ1) is 20.5. The highest BCUT2D eigenvalue weighted by Gasteiger charge is 2.18. The van der Waals surface area contributed by atoms with E-state index >= 15 is 0 Å². The molecule has 1 amide bonds. The maximum Gasteiger partial charge on any atom is 0.306 e. The van der Waals surface area contributed by atoms with Gasteiger partial charge in [0.2, 0.25) is 0 Å². The van der Waals surface area contributed by atoms with Crippen molar-refractivity contribution in [2.45, 2.75) is 45.4 Å². The normalized spacial score (nSPS) is 11.3. The van der Waals surface area contributed by atoms with E-state index in [-0.39, 0.29) is 24.2 Å². The molecular formula is C36H41ClN2O4. The van der Waals surface area contributed by atoms with Crippen molar-refractivity contribution in [1.29, 1.82) is 0 Å². The Bertz CT molecular complexity index is 1380. The second-order valence-electron chi connectivity index (χ2n) is 10.5. The monoisotopic (exact) mass is 600 g/mol. The molecule has 1 heterocycles. The summed E-state index contributed by atoms with van der Waals surface area (Å²) in [6, 6.07) is 31.3. The highest BCUT2D eigenvalue weighted by molar-refractivity contribution is 5.94. The molecule has 6 nitrogen and oxygen atoms in total. The number of amides is 1. The van der Waals surface area contributed by atoms with Gasteiger partial charge < -0.3 is 14.7 Å². The third kappa shape index (κ3) is 10.6. The molecule has 7 heteroatoms. The average molecular weight is 601 g/mol. The Morgan fingerprint density at radius 1 is 0.837 bits per heavy atom. The predicted octanol–water partition coefficient (Wildman–Crippen LogP) is 7.76. The Morgan fingerprint density at radius 3 is 2.21 bits per heavy atom. The molecule has 4 rings (SSSR count). The van der Waals surface area contributed by atoms with Gasteiger partial charge >= 0.3 is 5.97 Å².